The van der Waals surface area contributed by atoms with Crippen LogP contribution in [0.15, 0.2) is 23.1 Å². The van der Waals surface area contributed by atoms with E-state index in [1.807, 2.05) is 6.26 Å². The number of benzene rings is 1. The minimum atomic E-state index is -0.657. The van der Waals surface area contributed by atoms with Gasteiger partial charge in [-0.2, -0.15) is 5.10 Å². The van der Waals surface area contributed by atoms with Crippen molar-refractivity contribution in [2.75, 3.05) is 11.6 Å². The van der Waals surface area contributed by atoms with Crippen molar-refractivity contribution in [1.82, 2.24) is 10.2 Å². The number of nitrogens with one attached hydrogen (secondary N) is 2. The van der Waals surface area contributed by atoms with E-state index in [4.69, 9.17) is 11.6 Å². The van der Waals surface area contributed by atoms with Gasteiger partial charge >= 0.3 is 5.69 Å². The second kappa shape index (κ2) is 6.80. The third-order valence-corrected chi connectivity index (χ3v) is 4.19. The molecule has 0 aliphatic heterocycles. The number of carbonyl (C=O) groups excluding carboxylic acids is 1. The van der Waals surface area contributed by atoms with Gasteiger partial charge < -0.3 is 5.32 Å². The molecule has 1 heterocycles. The molecule has 0 atom stereocenters. The highest BCUT2D eigenvalue weighted by atomic mass is 35.5. The smallest absolute Gasteiger partial charge is 0.320 e. The molecule has 1 amide bonds. The molecule has 0 spiro atoms. The van der Waals surface area contributed by atoms with E-state index in [9.17, 15) is 14.9 Å². The summed E-state index contributed by atoms with van der Waals surface area (Å²) in [4.78, 5) is 23.6. The lowest BCUT2D eigenvalue weighted by Crippen LogP contribution is -2.14. The number of nitro groups is 1. The number of hydrogen-bond acceptors (Lipinski definition) is 5. The molecular formula is C13H13ClN4O3S. The first-order valence-corrected chi connectivity index (χ1v) is 7.94. The summed E-state index contributed by atoms with van der Waals surface area (Å²) in [5, 5.41) is 20.4. The summed E-state index contributed by atoms with van der Waals surface area (Å²) < 4.78 is 0. The molecule has 0 radical (unpaired) electrons. The Morgan fingerprint density at radius 1 is 1.55 bits per heavy atom. The number of amides is 1. The molecule has 22 heavy (non-hydrogen) atoms. The van der Waals surface area contributed by atoms with Crippen LogP contribution in [-0.4, -0.2) is 27.3 Å². The summed E-state index contributed by atoms with van der Waals surface area (Å²) in [6.45, 7) is 1.74. The number of nitrogens with zero attached hydrogens (tertiary/aromatic N) is 2. The number of aromatic nitrogens is 2. The fourth-order valence-electron chi connectivity index (χ4n) is 1.91. The first-order valence-electron chi connectivity index (χ1n) is 6.34. The standard InChI is InChI=1S/C13H13ClN4O3S/c1-3-9-12(18(20)21)11(17-16-9)13(19)15-7-4-5-10(22-2)8(14)6-7/h4-6H,3H2,1-2H3,(H,15,19)(H,16,17). The molecule has 116 valence electrons. The highest BCUT2D eigenvalue weighted by Gasteiger charge is 2.28. The van der Waals surface area contributed by atoms with Gasteiger partial charge in [0.25, 0.3) is 5.91 Å². The van der Waals surface area contributed by atoms with E-state index in [0.29, 0.717) is 22.8 Å². The van der Waals surface area contributed by atoms with Gasteiger partial charge in [0.2, 0.25) is 5.69 Å². The van der Waals surface area contributed by atoms with Gasteiger partial charge in [-0.1, -0.05) is 18.5 Å². The fourth-order valence-corrected chi connectivity index (χ4v) is 2.78. The molecule has 9 heteroatoms. The van der Waals surface area contributed by atoms with Crippen LogP contribution >= 0.6 is 23.4 Å². The molecule has 1 aromatic carbocycles. The predicted molar refractivity (Wildman–Crippen MR) is 85.8 cm³/mol. The predicted octanol–water partition coefficient (Wildman–Crippen LogP) is 3.51. The molecule has 0 unspecified atom stereocenters. The number of hydrogen-bond donors (Lipinski definition) is 2. The van der Waals surface area contributed by atoms with Crippen LogP contribution in [0.25, 0.3) is 0 Å². The van der Waals surface area contributed by atoms with Crippen LogP contribution in [0, 0.1) is 10.1 Å². The summed E-state index contributed by atoms with van der Waals surface area (Å²) >= 11 is 7.55. The maximum Gasteiger partial charge on any atom is 0.322 e. The molecule has 7 nitrogen and oxygen atoms in total. The SMILES string of the molecule is CCc1[nH]nc(C(=O)Nc2ccc(SC)c(Cl)c2)c1[N+](=O)[O-]. The van der Waals surface area contributed by atoms with Gasteiger partial charge in [0, 0.05) is 10.6 Å². The lowest BCUT2D eigenvalue weighted by Gasteiger charge is -2.06. The fraction of sp³-hybridized carbons (Fsp3) is 0.231. The Balaban J connectivity index is 2.28. The lowest BCUT2D eigenvalue weighted by molar-refractivity contribution is -0.385. The van der Waals surface area contributed by atoms with Crippen LogP contribution < -0.4 is 5.32 Å². The third kappa shape index (κ3) is 3.23. The van der Waals surface area contributed by atoms with Gasteiger partial charge in [0.1, 0.15) is 5.69 Å². The van der Waals surface area contributed by atoms with Gasteiger partial charge in [0.15, 0.2) is 0 Å². The topological polar surface area (TPSA) is 101 Å². The van der Waals surface area contributed by atoms with Gasteiger partial charge in [-0.05, 0) is 30.9 Å². The highest BCUT2D eigenvalue weighted by molar-refractivity contribution is 7.98. The third-order valence-electron chi connectivity index (χ3n) is 2.97. The molecule has 0 aliphatic carbocycles. The molecule has 0 aliphatic rings. The number of rotatable bonds is 5. The zero-order chi connectivity index (χ0) is 16.3. The monoisotopic (exact) mass is 340 g/mol. The Morgan fingerprint density at radius 3 is 2.82 bits per heavy atom. The summed E-state index contributed by atoms with van der Waals surface area (Å²) in [6, 6.07) is 5.03. The molecule has 0 saturated heterocycles. The first-order chi connectivity index (χ1) is 10.5. The van der Waals surface area contributed by atoms with E-state index >= 15 is 0 Å². The van der Waals surface area contributed by atoms with Crippen molar-refractivity contribution in [3.63, 3.8) is 0 Å². The lowest BCUT2D eigenvalue weighted by atomic mass is 10.2. The normalized spacial score (nSPS) is 10.5. The number of thioether (sulfide) groups is 1. The number of H-pyrrole nitrogens is 1. The largest absolute Gasteiger partial charge is 0.322 e. The quantitative estimate of drug-likeness (QED) is 0.492. The van der Waals surface area contributed by atoms with Crippen LogP contribution in [0.5, 0.6) is 0 Å². The van der Waals surface area contributed by atoms with E-state index in [1.165, 1.54) is 11.8 Å². The van der Waals surface area contributed by atoms with E-state index in [0.717, 1.165) is 4.90 Å². The molecule has 2 aromatic rings. The minimum Gasteiger partial charge on any atom is -0.320 e. The van der Waals surface area contributed by atoms with E-state index < -0.39 is 10.8 Å². The van der Waals surface area contributed by atoms with Crippen molar-refractivity contribution < 1.29 is 9.72 Å². The Hall–Kier alpha value is -2.06. The van der Waals surface area contributed by atoms with Crippen molar-refractivity contribution in [3.05, 3.63) is 44.7 Å². The first kappa shape index (κ1) is 16.3. The van der Waals surface area contributed by atoms with Crippen molar-refractivity contribution >= 4 is 40.6 Å². The van der Waals surface area contributed by atoms with Crippen LogP contribution in [-0.2, 0) is 6.42 Å². The number of aryl methyl sites for hydroxylation is 1. The Kier molecular flexibility index (Phi) is 5.04. The average molecular weight is 341 g/mol. The Labute approximate surface area is 135 Å². The molecule has 0 fully saturated rings. The number of carbonyl (C=O) groups is 1. The zero-order valence-electron chi connectivity index (χ0n) is 11.8. The van der Waals surface area contributed by atoms with Gasteiger partial charge in [-0.3, -0.25) is 20.0 Å². The summed E-state index contributed by atoms with van der Waals surface area (Å²) in [5.74, 6) is -0.657. The van der Waals surface area contributed by atoms with E-state index in [1.54, 1.807) is 25.1 Å². The van der Waals surface area contributed by atoms with E-state index in [2.05, 4.69) is 15.5 Å². The number of halogens is 1. The van der Waals surface area contributed by atoms with Gasteiger partial charge in [0.05, 0.1) is 9.95 Å². The van der Waals surface area contributed by atoms with Gasteiger partial charge in [-0.25, -0.2) is 0 Å². The van der Waals surface area contributed by atoms with Gasteiger partial charge in [-0.15, -0.1) is 11.8 Å². The molecule has 1 aromatic heterocycles. The summed E-state index contributed by atoms with van der Waals surface area (Å²) in [7, 11) is 0. The Bertz CT molecular complexity index is 732. The van der Waals surface area contributed by atoms with Crippen molar-refractivity contribution in [1.29, 1.82) is 0 Å². The molecule has 2 rings (SSSR count). The van der Waals surface area contributed by atoms with Crippen LogP contribution in [0.1, 0.15) is 23.1 Å². The summed E-state index contributed by atoms with van der Waals surface area (Å²) in [5.41, 5.74) is 0.216. The van der Waals surface area contributed by atoms with Crippen molar-refractivity contribution in [2.45, 2.75) is 18.2 Å². The van der Waals surface area contributed by atoms with Crippen molar-refractivity contribution in [3.8, 4) is 0 Å². The average Bonchev–Trinajstić information content (AvgIpc) is 2.91. The number of anilines is 1. The maximum atomic E-state index is 12.2. The van der Waals surface area contributed by atoms with Crippen LogP contribution in [0.3, 0.4) is 0 Å². The highest BCUT2D eigenvalue weighted by Crippen LogP contribution is 2.29. The van der Waals surface area contributed by atoms with Crippen LogP contribution in [0.2, 0.25) is 5.02 Å². The minimum absolute atomic E-state index is 0.244. The van der Waals surface area contributed by atoms with Crippen molar-refractivity contribution in [2.24, 2.45) is 0 Å². The zero-order valence-corrected chi connectivity index (χ0v) is 13.4. The maximum absolute atomic E-state index is 12.2. The van der Waals surface area contributed by atoms with E-state index in [-0.39, 0.29) is 11.4 Å². The number of aromatic amines is 1. The molecule has 0 saturated carbocycles. The van der Waals surface area contributed by atoms with Crippen LogP contribution in [0.4, 0.5) is 11.4 Å². The second-order valence-corrected chi connectivity index (χ2v) is 5.57. The molecule has 0 bridgehead atoms. The summed E-state index contributed by atoms with van der Waals surface area (Å²) in [6.07, 6.45) is 2.27. The molecule has 2 N–H and O–H groups in total. The second-order valence-electron chi connectivity index (χ2n) is 4.31. The Morgan fingerprint density at radius 2 is 2.27 bits per heavy atom. The molecular weight excluding hydrogens is 328 g/mol.